The maximum Gasteiger partial charge on any atom is 0.255 e. The van der Waals surface area contributed by atoms with Gasteiger partial charge in [0.05, 0.1) is 22.5 Å². The largest absolute Gasteiger partial charge is 0.325 e. The highest BCUT2D eigenvalue weighted by atomic mass is 16.2. The first-order valence-electron chi connectivity index (χ1n) is 18.1. The molecule has 0 unspecified atom stereocenters. The molecule has 0 heterocycles. The van der Waals surface area contributed by atoms with Gasteiger partial charge in [0.25, 0.3) is 5.91 Å². The zero-order chi connectivity index (χ0) is 38.5. The molecular formula is C46H40N2O6. The van der Waals surface area contributed by atoms with Crippen molar-refractivity contribution in [3.05, 3.63) is 153 Å². The molecule has 2 N–H and O–H groups in total. The van der Waals surface area contributed by atoms with Crippen molar-refractivity contribution in [1.82, 2.24) is 0 Å². The van der Waals surface area contributed by atoms with E-state index in [1.54, 1.807) is 103 Å². The second-order valence-electron chi connectivity index (χ2n) is 15.4. The van der Waals surface area contributed by atoms with Gasteiger partial charge < -0.3 is 10.6 Å². The van der Waals surface area contributed by atoms with Gasteiger partial charge in [-0.25, -0.2) is 0 Å². The van der Waals surface area contributed by atoms with E-state index in [4.69, 9.17) is 0 Å². The number of carbonyl (C=O) groups is 6. The highest BCUT2D eigenvalue weighted by Gasteiger charge is 2.39. The minimum atomic E-state index is -0.795. The average Bonchev–Trinajstić information content (AvgIpc) is 3.18. The molecule has 8 nitrogen and oxygen atoms in total. The lowest BCUT2D eigenvalue weighted by Crippen LogP contribution is -2.33. The van der Waals surface area contributed by atoms with Crippen LogP contribution in [0.15, 0.2) is 103 Å². The van der Waals surface area contributed by atoms with E-state index in [1.165, 1.54) is 0 Å². The fraction of sp³-hybridized carbons (Fsp3) is 0.217. The van der Waals surface area contributed by atoms with Gasteiger partial charge in [-0.15, -0.1) is 0 Å². The lowest BCUT2D eigenvalue weighted by molar-refractivity contribution is -0.124. The number of ketones is 4. The molecule has 5 aromatic rings. The number of fused-ring (bicyclic) bond motifs is 4. The van der Waals surface area contributed by atoms with Crippen LogP contribution in [0.1, 0.15) is 128 Å². The van der Waals surface area contributed by atoms with Crippen LogP contribution in [0, 0.1) is 10.8 Å². The average molecular weight is 717 g/mol. The minimum absolute atomic E-state index is 0.00215. The Morgan fingerprint density at radius 2 is 0.889 bits per heavy atom. The highest BCUT2D eigenvalue weighted by molar-refractivity contribution is 6.35. The van der Waals surface area contributed by atoms with Crippen LogP contribution in [-0.2, 0) is 4.79 Å². The normalized spacial score (nSPS) is 13.4. The molecule has 7 rings (SSSR count). The third kappa shape index (κ3) is 6.17. The van der Waals surface area contributed by atoms with Gasteiger partial charge in [0, 0.05) is 44.4 Å². The SMILES string of the molecule is CCC(C)(C)CCC(C)(C)C(=O)Nc1ccc(-c2ccc(NC(=O)c3ccccc3)c3c2C(=O)c2ccccc2C3=O)c2c1C(=O)c1ccccc1C2=O. The Morgan fingerprint density at radius 3 is 1.33 bits per heavy atom. The quantitative estimate of drug-likeness (QED) is 0.153. The van der Waals surface area contributed by atoms with Gasteiger partial charge in [0.1, 0.15) is 0 Å². The first kappa shape index (κ1) is 36.1. The number of carbonyl (C=O) groups excluding carboxylic acids is 6. The van der Waals surface area contributed by atoms with E-state index in [-0.39, 0.29) is 78.3 Å². The third-order valence-electron chi connectivity index (χ3n) is 11.0. The summed E-state index contributed by atoms with van der Waals surface area (Å²) in [5, 5.41) is 5.81. The van der Waals surface area contributed by atoms with Crippen LogP contribution in [0.25, 0.3) is 11.1 Å². The van der Waals surface area contributed by atoms with Crippen molar-refractivity contribution in [1.29, 1.82) is 0 Å². The Bertz CT molecular complexity index is 2440. The smallest absolute Gasteiger partial charge is 0.255 e. The molecule has 2 aliphatic carbocycles. The molecule has 0 fully saturated rings. The molecule has 0 saturated carbocycles. The number of rotatable bonds is 9. The predicted octanol–water partition coefficient (Wildman–Crippen LogP) is 9.34. The molecule has 270 valence electrons. The monoisotopic (exact) mass is 716 g/mol. The molecule has 0 aromatic heterocycles. The summed E-state index contributed by atoms with van der Waals surface area (Å²) in [6.45, 7) is 10.2. The van der Waals surface area contributed by atoms with Crippen molar-refractivity contribution in [2.45, 2.75) is 53.9 Å². The standard InChI is InChI=1S/C46H40N2O6/c1-6-45(2,3)24-25-46(4,5)44(54)48-34-23-21-28(36-38(34)42(52)32-19-13-11-17-30(32)40(36)50)27-20-22-33(47-43(53)26-14-8-7-9-15-26)37-35(27)39(49)29-16-10-12-18-31(29)41(37)51/h7-23H,6,24-25H2,1-5H3,(H,47,53)(H,48,54). The van der Waals surface area contributed by atoms with E-state index < -0.39 is 34.5 Å². The Labute approximate surface area is 314 Å². The van der Waals surface area contributed by atoms with E-state index in [0.717, 1.165) is 12.8 Å². The summed E-state index contributed by atoms with van der Waals surface area (Å²) in [6, 6.07) is 27.8. The molecule has 5 aromatic carbocycles. The molecule has 0 aliphatic heterocycles. The number of hydrogen-bond acceptors (Lipinski definition) is 6. The van der Waals surface area contributed by atoms with Gasteiger partial charge in [-0.3, -0.25) is 28.8 Å². The Kier molecular flexibility index (Phi) is 9.09. The van der Waals surface area contributed by atoms with Crippen LogP contribution in [0.5, 0.6) is 0 Å². The van der Waals surface area contributed by atoms with Gasteiger partial charge in [0.15, 0.2) is 23.1 Å². The van der Waals surface area contributed by atoms with Crippen molar-refractivity contribution in [2.75, 3.05) is 10.6 Å². The molecule has 2 aliphatic rings. The first-order valence-corrected chi connectivity index (χ1v) is 18.1. The van der Waals surface area contributed by atoms with Gasteiger partial charge in [-0.2, -0.15) is 0 Å². The lowest BCUT2D eigenvalue weighted by Gasteiger charge is -2.30. The molecule has 2 amide bonds. The summed E-state index contributed by atoms with van der Waals surface area (Å²) in [4.78, 5) is 84.9. The van der Waals surface area contributed by atoms with Crippen LogP contribution in [0.4, 0.5) is 11.4 Å². The summed E-state index contributed by atoms with van der Waals surface area (Å²) >= 11 is 0. The Hall–Kier alpha value is -6.28. The van der Waals surface area contributed by atoms with Gasteiger partial charge >= 0.3 is 0 Å². The lowest BCUT2D eigenvalue weighted by atomic mass is 9.75. The number of amides is 2. The minimum Gasteiger partial charge on any atom is -0.325 e. The molecular weight excluding hydrogens is 677 g/mol. The molecule has 0 atom stereocenters. The van der Waals surface area contributed by atoms with Crippen molar-refractivity contribution in [3.8, 4) is 11.1 Å². The molecule has 8 heteroatoms. The second kappa shape index (κ2) is 13.6. The zero-order valence-electron chi connectivity index (χ0n) is 30.9. The van der Waals surface area contributed by atoms with E-state index in [9.17, 15) is 28.8 Å². The predicted molar refractivity (Wildman–Crippen MR) is 209 cm³/mol. The van der Waals surface area contributed by atoms with Crippen LogP contribution < -0.4 is 10.6 Å². The Balaban J connectivity index is 1.41. The summed E-state index contributed by atoms with van der Waals surface area (Å²) in [5.74, 6) is -2.61. The number of nitrogens with one attached hydrogen (secondary N) is 2. The zero-order valence-corrected chi connectivity index (χ0v) is 30.9. The second-order valence-corrected chi connectivity index (χ2v) is 15.4. The van der Waals surface area contributed by atoms with E-state index in [1.807, 2.05) is 13.8 Å². The van der Waals surface area contributed by atoms with Crippen molar-refractivity contribution in [2.24, 2.45) is 10.8 Å². The first-order chi connectivity index (χ1) is 25.7. The number of anilines is 2. The van der Waals surface area contributed by atoms with Crippen molar-refractivity contribution < 1.29 is 28.8 Å². The fourth-order valence-electron chi connectivity index (χ4n) is 7.12. The topological polar surface area (TPSA) is 126 Å². The fourth-order valence-corrected chi connectivity index (χ4v) is 7.12. The highest BCUT2D eigenvalue weighted by Crippen LogP contribution is 2.44. The van der Waals surface area contributed by atoms with Crippen LogP contribution >= 0.6 is 0 Å². The van der Waals surface area contributed by atoms with Gasteiger partial charge in [-0.1, -0.05) is 120 Å². The Morgan fingerprint density at radius 1 is 0.481 bits per heavy atom. The summed E-state index contributed by atoms with van der Waals surface area (Å²) < 4.78 is 0. The number of hydrogen-bond donors (Lipinski definition) is 2. The number of benzene rings is 5. The van der Waals surface area contributed by atoms with Crippen LogP contribution in [0.2, 0.25) is 0 Å². The van der Waals surface area contributed by atoms with Crippen LogP contribution in [0.3, 0.4) is 0 Å². The third-order valence-corrected chi connectivity index (χ3v) is 11.0. The summed E-state index contributed by atoms with van der Waals surface area (Å²) in [5.41, 5.74) is 1.19. The van der Waals surface area contributed by atoms with Crippen molar-refractivity contribution in [3.63, 3.8) is 0 Å². The van der Waals surface area contributed by atoms with Gasteiger partial charge in [0.2, 0.25) is 5.91 Å². The summed E-state index contributed by atoms with van der Waals surface area (Å²) in [7, 11) is 0. The van der Waals surface area contributed by atoms with E-state index in [2.05, 4.69) is 31.4 Å². The van der Waals surface area contributed by atoms with Crippen molar-refractivity contribution >= 4 is 46.3 Å². The molecule has 0 bridgehead atoms. The van der Waals surface area contributed by atoms with E-state index in [0.29, 0.717) is 12.0 Å². The van der Waals surface area contributed by atoms with Crippen LogP contribution in [-0.4, -0.2) is 34.9 Å². The summed E-state index contributed by atoms with van der Waals surface area (Å²) in [6.07, 6.45) is 2.38. The molecule has 54 heavy (non-hydrogen) atoms. The molecule has 0 saturated heterocycles. The maximum atomic E-state index is 14.5. The van der Waals surface area contributed by atoms with E-state index >= 15 is 0 Å². The molecule has 0 spiro atoms. The molecule has 0 radical (unpaired) electrons. The van der Waals surface area contributed by atoms with Gasteiger partial charge in [-0.05, 0) is 53.6 Å². The maximum absolute atomic E-state index is 14.5.